The Balaban J connectivity index is 2.19. The Bertz CT molecular complexity index is 463. The number of hydrogen-bond donors (Lipinski definition) is 0. The van der Waals surface area contributed by atoms with Crippen LogP contribution in [0.5, 0.6) is 0 Å². The highest BCUT2D eigenvalue weighted by atomic mass is 16.1. The SMILES string of the molecule is CC1=C[C@@H]2CC[C@@H]1C1=C2C(=O)C=CC1=O. The number of allylic oxidation sites excluding steroid dienone is 6. The standard InChI is InChI=1S/C13H12O2/c1-7-6-8-2-3-9(7)13-11(15)5-4-10(14)12(8)13/h4-6,8-9H,2-3H2,1H3/t8-,9-/m0/s1. The van der Waals surface area contributed by atoms with Crippen LogP contribution in [-0.2, 0) is 9.59 Å². The molecule has 0 saturated carbocycles. The van der Waals surface area contributed by atoms with Crippen LogP contribution >= 0.6 is 0 Å². The lowest BCUT2D eigenvalue weighted by Gasteiger charge is -2.38. The molecule has 0 heterocycles. The van der Waals surface area contributed by atoms with Crippen LogP contribution in [0.2, 0.25) is 0 Å². The topological polar surface area (TPSA) is 34.1 Å². The Morgan fingerprint density at radius 3 is 2.40 bits per heavy atom. The van der Waals surface area contributed by atoms with E-state index < -0.39 is 0 Å². The molecule has 0 N–H and O–H groups in total. The number of ketones is 2. The molecule has 76 valence electrons. The van der Waals surface area contributed by atoms with E-state index in [2.05, 4.69) is 13.0 Å². The van der Waals surface area contributed by atoms with Gasteiger partial charge in [-0.15, -0.1) is 0 Å². The maximum atomic E-state index is 11.8. The fraction of sp³-hybridized carbons (Fsp3) is 0.385. The fourth-order valence-electron chi connectivity index (χ4n) is 3.03. The van der Waals surface area contributed by atoms with Gasteiger partial charge in [-0.1, -0.05) is 11.6 Å². The van der Waals surface area contributed by atoms with Crippen molar-refractivity contribution in [1.29, 1.82) is 0 Å². The molecule has 0 radical (unpaired) electrons. The van der Waals surface area contributed by atoms with E-state index in [9.17, 15) is 9.59 Å². The zero-order valence-electron chi connectivity index (χ0n) is 8.62. The summed E-state index contributed by atoms with van der Waals surface area (Å²) in [7, 11) is 0. The monoisotopic (exact) mass is 200 g/mol. The Morgan fingerprint density at radius 1 is 1.07 bits per heavy atom. The second kappa shape index (κ2) is 2.78. The summed E-state index contributed by atoms with van der Waals surface area (Å²) in [5, 5.41) is 0. The third-order valence-electron chi connectivity index (χ3n) is 3.71. The fourth-order valence-corrected chi connectivity index (χ4v) is 3.03. The predicted molar refractivity (Wildman–Crippen MR) is 56.2 cm³/mol. The molecule has 0 spiro atoms. The quantitative estimate of drug-likeness (QED) is 0.442. The third-order valence-corrected chi connectivity index (χ3v) is 3.71. The number of rotatable bonds is 0. The smallest absolute Gasteiger partial charge is 0.183 e. The maximum Gasteiger partial charge on any atom is 0.183 e. The minimum Gasteiger partial charge on any atom is -0.290 e. The van der Waals surface area contributed by atoms with Crippen molar-refractivity contribution in [3.05, 3.63) is 34.9 Å². The van der Waals surface area contributed by atoms with Crippen molar-refractivity contribution < 1.29 is 9.59 Å². The van der Waals surface area contributed by atoms with Gasteiger partial charge in [0, 0.05) is 23.0 Å². The molecule has 0 unspecified atom stereocenters. The van der Waals surface area contributed by atoms with Crippen LogP contribution in [0.3, 0.4) is 0 Å². The summed E-state index contributed by atoms with van der Waals surface area (Å²) in [5.74, 6) is 0.507. The van der Waals surface area contributed by atoms with Gasteiger partial charge in [-0.25, -0.2) is 0 Å². The molecule has 0 aromatic heterocycles. The van der Waals surface area contributed by atoms with Crippen LogP contribution in [0.1, 0.15) is 19.8 Å². The van der Waals surface area contributed by atoms with Crippen molar-refractivity contribution in [3.63, 3.8) is 0 Å². The lowest BCUT2D eigenvalue weighted by Crippen LogP contribution is -2.33. The van der Waals surface area contributed by atoms with Gasteiger partial charge in [0.2, 0.25) is 0 Å². The van der Waals surface area contributed by atoms with E-state index in [1.165, 1.54) is 17.7 Å². The van der Waals surface area contributed by atoms with Crippen LogP contribution in [0.25, 0.3) is 0 Å². The van der Waals surface area contributed by atoms with E-state index in [-0.39, 0.29) is 23.4 Å². The molecule has 15 heavy (non-hydrogen) atoms. The highest BCUT2D eigenvalue weighted by Crippen LogP contribution is 2.46. The van der Waals surface area contributed by atoms with Crippen LogP contribution < -0.4 is 0 Å². The van der Waals surface area contributed by atoms with Gasteiger partial charge < -0.3 is 0 Å². The summed E-state index contributed by atoms with van der Waals surface area (Å²) in [4.78, 5) is 23.5. The van der Waals surface area contributed by atoms with Gasteiger partial charge in [-0.3, -0.25) is 9.59 Å². The number of carbonyl (C=O) groups excluding carboxylic acids is 2. The lowest BCUT2D eigenvalue weighted by atomic mass is 9.64. The van der Waals surface area contributed by atoms with Gasteiger partial charge in [0.05, 0.1) is 0 Å². The third kappa shape index (κ3) is 1.05. The Kier molecular flexibility index (Phi) is 1.64. The van der Waals surface area contributed by atoms with E-state index >= 15 is 0 Å². The lowest BCUT2D eigenvalue weighted by molar-refractivity contribution is -0.116. The molecule has 0 aromatic carbocycles. The molecule has 4 aliphatic carbocycles. The van der Waals surface area contributed by atoms with E-state index in [0.717, 1.165) is 24.0 Å². The highest BCUT2D eigenvalue weighted by Gasteiger charge is 2.40. The van der Waals surface area contributed by atoms with E-state index in [1.54, 1.807) is 0 Å². The van der Waals surface area contributed by atoms with Crippen LogP contribution in [0.15, 0.2) is 34.9 Å². The molecule has 4 rings (SSSR count). The molecule has 0 aliphatic heterocycles. The van der Waals surface area contributed by atoms with Gasteiger partial charge in [0.15, 0.2) is 11.6 Å². The second-order valence-electron chi connectivity index (χ2n) is 4.54. The van der Waals surface area contributed by atoms with Gasteiger partial charge in [0.1, 0.15) is 0 Å². The normalized spacial score (nSPS) is 33.3. The maximum absolute atomic E-state index is 11.8. The van der Waals surface area contributed by atoms with Crippen molar-refractivity contribution in [2.45, 2.75) is 19.8 Å². The van der Waals surface area contributed by atoms with E-state index in [0.29, 0.717) is 0 Å². The van der Waals surface area contributed by atoms with Crippen molar-refractivity contribution >= 4 is 11.6 Å². The largest absolute Gasteiger partial charge is 0.290 e. The second-order valence-corrected chi connectivity index (χ2v) is 4.54. The predicted octanol–water partition coefficient (Wildman–Crippen LogP) is 1.98. The average molecular weight is 200 g/mol. The minimum absolute atomic E-state index is 0.0445. The molecule has 0 fully saturated rings. The summed E-state index contributed by atoms with van der Waals surface area (Å²) in [5.41, 5.74) is 2.84. The summed E-state index contributed by atoms with van der Waals surface area (Å²) in [6, 6.07) is 0. The Morgan fingerprint density at radius 2 is 1.73 bits per heavy atom. The summed E-state index contributed by atoms with van der Waals surface area (Å²) in [6.07, 6.45) is 7.06. The summed E-state index contributed by atoms with van der Waals surface area (Å²) in [6.45, 7) is 2.07. The molecule has 2 heteroatoms. The van der Waals surface area contributed by atoms with Crippen molar-refractivity contribution in [2.75, 3.05) is 0 Å². The van der Waals surface area contributed by atoms with Gasteiger partial charge >= 0.3 is 0 Å². The molecular weight excluding hydrogens is 188 g/mol. The number of carbonyl (C=O) groups is 2. The van der Waals surface area contributed by atoms with Crippen molar-refractivity contribution in [1.82, 2.24) is 0 Å². The Labute approximate surface area is 88.4 Å². The van der Waals surface area contributed by atoms with Crippen molar-refractivity contribution in [2.24, 2.45) is 11.8 Å². The number of fused-ring (bicyclic) bond motifs is 1. The first-order valence-corrected chi connectivity index (χ1v) is 5.37. The Hall–Kier alpha value is -1.44. The van der Waals surface area contributed by atoms with Crippen LogP contribution in [0.4, 0.5) is 0 Å². The highest BCUT2D eigenvalue weighted by molar-refractivity contribution is 6.21. The zero-order valence-corrected chi connectivity index (χ0v) is 8.62. The first-order chi connectivity index (χ1) is 7.18. The zero-order chi connectivity index (χ0) is 10.6. The molecular formula is C13H12O2. The first-order valence-electron chi connectivity index (χ1n) is 5.37. The van der Waals surface area contributed by atoms with Gasteiger partial charge in [-0.05, 0) is 31.9 Å². The van der Waals surface area contributed by atoms with Gasteiger partial charge in [0.25, 0.3) is 0 Å². The molecule has 4 aliphatic rings. The van der Waals surface area contributed by atoms with Gasteiger partial charge in [-0.2, -0.15) is 0 Å². The van der Waals surface area contributed by atoms with Crippen LogP contribution in [0, 0.1) is 11.8 Å². The molecule has 2 atom stereocenters. The molecule has 2 nitrogen and oxygen atoms in total. The minimum atomic E-state index is 0.0445. The average Bonchev–Trinajstić information content (AvgIpc) is 2.23. The van der Waals surface area contributed by atoms with Crippen LogP contribution in [-0.4, -0.2) is 11.6 Å². The van der Waals surface area contributed by atoms with Crippen molar-refractivity contribution in [3.8, 4) is 0 Å². The first kappa shape index (κ1) is 8.84. The summed E-state index contributed by atoms with van der Waals surface area (Å²) >= 11 is 0. The molecule has 2 bridgehead atoms. The number of hydrogen-bond acceptors (Lipinski definition) is 2. The molecule has 0 aromatic rings. The molecule has 0 saturated heterocycles. The van der Waals surface area contributed by atoms with E-state index in [1.807, 2.05) is 0 Å². The molecule has 0 amide bonds. The summed E-state index contributed by atoms with van der Waals surface area (Å²) < 4.78 is 0. The van der Waals surface area contributed by atoms with E-state index in [4.69, 9.17) is 0 Å².